The van der Waals surface area contributed by atoms with E-state index in [1.54, 1.807) is 39.0 Å². The van der Waals surface area contributed by atoms with E-state index in [4.69, 9.17) is 13.7 Å². The average Bonchev–Trinajstić information content (AvgIpc) is 2.75. The minimum absolute atomic E-state index is 0.00500. The van der Waals surface area contributed by atoms with Gasteiger partial charge in [0.15, 0.2) is 0 Å². The van der Waals surface area contributed by atoms with Crippen LogP contribution in [0.5, 0.6) is 0 Å². The fourth-order valence-electron chi connectivity index (χ4n) is 2.37. The highest BCUT2D eigenvalue weighted by atomic mass is 14.7. The van der Waals surface area contributed by atoms with Crippen molar-refractivity contribution >= 4 is 0 Å². The molecule has 0 amide bonds. The van der Waals surface area contributed by atoms with Gasteiger partial charge in [-0.05, 0) is 53.0 Å². The number of nitrogens with zero attached hydrogens (tertiary/aromatic N) is 1. The fourth-order valence-corrected chi connectivity index (χ4v) is 2.37. The molecule has 1 heteroatoms. The van der Waals surface area contributed by atoms with Crippen LogP contribution < -0.4 is 0 Å². The first-order valence-corrected chi connectivity index (χ1v) is 7.67. The predicted octanol–water partition coefficient (Wildman–Crippen LogP) is 6.31. The number of benzene rings is 2. The van der Waals surface area contributed by atoms with Gasteiger partial charge in [0.2, 0.25) is 0 Å². The molecular weight excluding hydrogens is 290 g/mol. The number of aryl methyl sites for hydroxylation is 1. The lowest BCUT2D eigenvalue weighted by atomic mass is 9.88. The summed E-state index contributed by atoms with van der Waals surface area (Å²) in [6, 6.07) is 4.94. The third-order valence-electron chi connectivity index (χ3n) is 3.37. The van der Waals surface area contributed by atoms with Gasteiger partial charge in [-0.25, -0.2) is 0 Å². The Labute approximate surface area is 159 Å². The van der Waals surface area contributed by atoms with Crippen molar-refractivity contribution in [1.29, 1.82) is 0 Å². The van der Waals surface area contributed by atoms with E-state index in [1.165, 1.54) is 18.3 Å². The minimum atomic E-state index is -2.59. The molecule has 3 aromatic rings. The molecule has 0 bridgehead atoms. The van der Waals surface area contributed by atoms with E-state index in [-0.39, 0.29) is 16.7 Å². The van der Waals surface area contributed by atoms with Crippen LogP contribution in [0.3, 0.4) is 0 Å². The van der Waals surface area contributed by atoms with E-state index in [9.17, 15) is 0 Å². The summed E-state index contributed by atoms with van der Waals surface area (Å²) < 4.78 is 80.9. The van der Waals surface area contributed by atoms with Gasteiger partial charge in [-0.1, -0.05) is 69.2 Å². The Bertz CT molecular complexity index is 1210. The summed E-state index contributed by atoms with van der Waals surface area (Å²) in [5.74, 6) is 0. The lowest BCUT2D eigenvalue weighted by Gasteiger charge is -2.18. The molecule has 0 saturated carbocycles. The molecule has 1 nitrogen and oxygen atoms in total. The first-order chi connectivity index (χ1) is 15.5. The van der Waals surface area contributed by atoms with Gasteiger partial charge in [0, 0.05) is 18.6 Å². The van der Waals surface area contributed by atoms with Crippen LogP contribution in [0.1, 0.15) is 45.6 Å². The summed E-state index contributed by atoms with van der Waals surface area (Å²) in [7, 11) is 0. The molecule has 0 saturated heterocycles. The molecule has 0 spiro atoms. The molecule has 0 fully saturated rings. The second kappa shape index (κ2) is 6.60. The maximum Gasteiger partial charge on any atom is 0.0702 e. The van der Waals surface area contributed by atoms with Crippen molar-refractivity contribution < 1.29 is 13.7 Å². The molecule has 0 aliphatic heterocycles. The van der Waals surface area contributed by atoms with Crippen LogP contribution in [-0.4, -0.2) is 4.98 Å². The summed E-state index contributed by atoms with van der Waals surface area (Å²) in [5, 5.41) is 0. The van der Waals surface area contributed by atoms with Crippen LogP contribution in [0.25, 0.3) is 22.4 Å². The second-order valence-corrected chi connectivity index (χ2v) is 6.57. The summed E-state index contributed by atoms with van der Waals surface area (Å²) in [5.41, 5.74) is 0.303. The van der Waals surface area contributed by atoms with Crippen molar-refractivity contribution in [2.24, 2.45) is 5.41 Å². The topological polar surface area (TPSA) is 12.9 Å². The molecule has 0 unspecified atom stereocenters. The molecule has 122 valence electrons. The molecule has 0 atom stereocenters. The first-order valence-electron chi connectivity index (χ1n) is 12.7. The van der Waals surface area contributed by atoms with Crippen molar-refractivity contribution in [2.75, 3.05) is 0 Å². The van der Waals surface area contributed by atoms with Crippen molar-refractivity contribution in [3.05, 3.63) is 77.9 Å². The van der Waals surface area contributed by atoms with E-state index in [2.05, 4.69) is 4.98 Å². The summed E-state index contributed by atoms with van der Waals surface area (Å²) in [6.07, 6.45) is -0.204. The molecule has 1 aromatic heterocycles. The first kappa shape index (κ1) is 8.11. The zero-order chi connectivity index (χ0) is 25.8. The minimum Gasteiger partial charge on any atom is -0.256 e. The summed E-state index contributed by atoms with van der Waals surface area (Å²) >= 11 is 0. The Balaban J connectivity index is 2.23. The third-order valence-corrected chi connectivity index (χ3v) is 3.37. The Hall–Kier alpha value is -2.41. The number of rotatable bonds is 3. The zero-order valence-corrected chi connectivity index (χ0v) is 13.9. The van der Waals surface area contributed by atoms with E-state index in [0.717, 1.165) is 0 Å². The Morgan fingerprint density at radius 2 is 1.83 bits per heavy atom. The van der Waals surface area contributed by atoms with Crippen molar-refractivity contribution in [3.8, 4) is 22.4 Å². The fraction of sp³-hybridized carbons (Fsp3) is 0.261. The maximum atomic E-state index is 8.41. The van der Waals surface area contributed by atoms with Crippen LogP contribution in [0.15, 0.2) is 66.7 Å². The number of hydrogen-bond acceptors (Lipinski definition) is 1. The van der Waals surface area contributed by atoms with Gasteiger partial charge in [0.25, 0.3) is 0 Å². The number of pyridine rings is 1. The van der Waals surface area contributed by atoms with Gasteiger partial charge in [-0.2, -0.15) is 0 Å². The van der Waals surface area contributed by atoms with Crippen LogP contribution in [-0.2, 0) is 6.37 Å². The molecule has 0 aliphatic rings. The zero-order valence-electron chi connectivity index (χ0n) is 23.9. The van der Waals surface area contributed by atoms with Crippen molar-refractivity contribution in [2.45, 2.75) is 34.0 Å². The van der Waals surface area contributed by atoms with E-state index in [0.29, 0.717) is 16.8 Å². The molecule has 1 heterocycles. The van der Waals surface area contributed by atoms with Crippen molar-refractivity contribution in [1.82, 2.24) is 4.98 Å². The average molecular weight is 326 g/mol. The number of hydrogen-bond donors (Lipinski definition) is 0. The monoisotopic (exact) mass is 325 g/mol. The highest BCUT2D eigenvalue weighted by Gasteiger charge is 2.12. The quantitative estimate of drug-likeness (QED) is 0.549. The maximum absolute atomic E-state index is 8.41. The van der Waals surface area contributed by atoms with E-state index in [1.807, 2.05) is 0 Å². The highest BCUT2D eigenvalue weighted by molar-refractivity contribution is 5.74. The normalized spacial score (nSPS) is 18.6. The number of aromatic nitrogens is 1. The second-order valence-electron chi connectivity index (χ2n) is 6.57. The van der Waals surface area contributed by atoms with Crippen LogP contribution in [0.2, 0.25) is 0 Å². The molecule has 0 N–H and O–H groups in total. The van der Waals surface area contributed by atoms with Crippen LogP contribution in [0, 0.1) is 12.3 Å². The molecule has 3 rings (SSSR count). The SMILES string of the molecule is [2H]c1c([2H])c([2H])c(-c2cc(-c3ccc(C([2H])([2H])C(C)(C)C)cn3)ccc2C([2H])([2H])[2H])c([2H])c1[2H]. The Morgan fingerprint density at radius 1 is 1.04 bits per heavy atom. The predicted molar refractivity (Wildman–Crippen MR) is 103 cm³/mol. The van der Waals surface area contributed by atoms with Gasteiger partial charge in [0.1, 0.15) is 0 Å². The summed E-state index contributed by atoms with van der Waals surface area (Å²) in [4.78, 5) is 4.37. The van der Waals surface area contributed by atoms with Crippen molar-refractivity contribution in [3.63, 3.8) is 0 Å². The molecule has 2 aromatic carbocycles. The molecule has 24 heavy (non-hydrogen) atoms. The van der Waals surface area contributed by atoms with E-state index < -0.39 is 48.9 Å². The largest absolute Gasteiger partial charge is 0.256 e. The van der Waals surface area contributed by atoms with Gasteiger partial charge >= 0.3 is 0 Å². The third kappa shape index (κ3) is 3.91. The smallest absolute Gasteiger partial charge is 0.0702 e. The molecule has 0 radical (unpaired) electrons. The van der Waals surface area contributed by atoms with Gasteiger partial charge in [-0.15, -0.1) is 0 Å². The standard InChI is InChI=1S/C23H25N/c1-17-10-12-20(14-21(17)19-8-6-5-7-9-19)22-13-11-18(16-24-22)15-23(2,3)4/h5-14,16H,15H2,1-4H3/i1D3,5D,6D,7D,8D,9D,15D2. The van der Waals surface area contributed by atoms with Crippen LogP contribution in [0.4, 0.5) is 0 Å². The molecular formula is C23H25N. The molecule has 0 aliphatic carbocycles. The Kier molecular flexibility index (Phi) is 2.23. The van der Waals surface area contributed by atoms with Gasteiger partial charge in [-0.3, -0.25) is 4.98 Å². The van der Waals surface area contributed by atoms with Gasteiger partial charge < -0.3 is 0 Å². The Morgan fingerprint density at radius 3 is 2.46 bits per heavy atom. The van der Waals surface area contributed by atoms with E-state index >= 15 is 0 Å². The van der Waals surface area contributed by atoms with Crippen LogP contribution >= 0.6 is 0 Å². The summed E-state index contributed by atoms with van der Waals surface area (Å²) in [6.45, 7) is 2.79. The van der Waals surface area contributed by atoms with Gasteiger partial charge in [0.05, 0.1) is 12.5 Å². The highest BCUT2D eigenvalue weighted by Crippen LogP contribution is 2.29. The lowest BCUT2D eigenvalue weighted by Crippen LogP contribution is -2.09. The lowest BCUT2D eigenvalue weighted by molar-refractivity contribution is 0.411.